The molecule has 104 valence electrons. The van der Waals surface area contributed by atoms with E-state index in [0.29, 0.717) is 6.61 Å². The van der Waals surface area contributed by atoms with Gasteiger partial charge in [-0.05, 0) is 44.0 Å². The summed E-state index contributed by atoms with van der Waals surface area (Å²) < 4.78 is 5.17. The molecule has 1 unspecified atom stereocenters. The van der Waals surface area contributed by atoms with Crippen LogP contribution in [-0.2, 0) is 16.1 Å². The van der Waals surface area contributed by atoms with Gasteiger partial charge in [-0.3, -0.25) is 0 Å². The van der Waals surface area contributed by atoms with Crippen LogP contribution in [0.4, 0.5) is 0 Å². The molecule has 1 aliphatic heterocycles. The molecule has 1 aliphatic rings. The fourth-order valence-electron chi connectivity index (χ4n) is 2.69. The summed E-state index contributed by atoms with van der Waals surface area (Å²) in [7, 11) is 0. The van der Waals surface area contributed by atoms with E-state index in [4.69, 9.17) is 4.74 Å². The van der Waals surface area contributed by atoms with Crippen LogP contribution in [-0.4, -0.2) is 30.3 Å². The molecule has 1 heterocycles. The van der Waals surface area contributed by atoms with Gasteiger partial charge in [0.25, 0.3) is 0 Å². The third-order valence-electron chi connectivity index (χ3n) is 3.67. The van der Waals surface area contributed by atoms with Crippen molar-refractivity contribution in [3.05, 3.63) is 29.8 Å². The molecule has 0 spiro atoms. The Labute approximate surface area is 114 Å². The summed E-state index contributed by atoms with van der Waals surface area (Å²) in [6.07, 6.45) is 3.16. The summed E-state index contributed by atoms with van der Waals surface area (Å²) in [6, 6.07) is 7.18. The first-order valence-corrected chi connectivity index (χ1v) is 7.00. The van der Waals surface area contributed by atoms with Crippen LogP contribution in [0, 0.1) is 0 Å². The van der Waals surface area contributed by atoms with Gasteiger partial charge in [-0.15, -0.1) is 0 Å². The molecule has 1 aromatic carbocycles. The molecule has 0 amide bonds. The standard InChI is InChI=1S/C15H21NO3/c1-2-19-15(18)14-5-3-4-10-16(14)11-12-6-8-13(17)9-7-12/h6-9,14,17H,2-5,10-11H2,1H3/p+1/t14-/m1/s1. The number of esters is 1. The van der Waals surface area contributed by atoms with E-state index in [9.17, 15) is 9.90 Å². The third-order valence-corrected chi connectivity index (χ3v) is 3.67. The fraction of sp³-hybridized carbons (Fsp3) is 0.533. The van der Waals surface area contributed by atoms with Crippen molar-refractivity contribution in [1.29, 1.82) is 0 Å². The zero-order chi connectivity index (χ0) is 13.7. The van der Waals surface area contributed by atoms with E-state index in [0.717, 1.165) is 37.9 Å². The van der Waals surface area contributed by atoms with Crippen molar-refractivity contribution in [3.8, 4) is 5.75 Å². The number of aromatic hydroxyl groups is 1. The van der Waals surface area contributed by atoms with Gasteiger partial charge >= 0.3 is 5.97 Å². The Kier molecular flexibility index (Phi) is 4.80. The molecule has 0 radical (unpaired) electrons. The molecule has 4 heteroatoms. The lowest BCUT2D eigenvalue weighted by Crippen LogP contribution is -3.16. The van der Waals surface area contributed by atoms with Crippen LogP contribution in [0.3, 0.4) is 0 Å². The van der Waals surface area contributed by atoms with Crippen LogP contribution in [0.15, 0.2) is 24.3 Å². The Balaban J connectivity index is 2.03. The molecule has 1 aromatic rings. The van der Waals surface area contributed by atoms with E-state index in [1.807, 2.05) is 19.1 Å². The highest BCUT2D eigenvalue weighted by molar-refractivity contribution is 5.74. The van der Waals surface area contributed by atoms with Gasteiger partial charge in [0.2, 0.25) is 0 Å². The Bertz CT molecular complexity index is 416. The first-order valence-electron chi connectivity index (χ1n) is 7.00. The van der Waals surface area contributed by atoms with Crippen LogP contribution < -0.4 is 4.90 Å². The van der Waals surface area contributed by atoms with Crippen molar-refractivity contribution in [2.45, 2.75) is 38.8 Å². The number of carbonyl (C=O) groups excluding carboxylic acids is 1. The number of carbonyl (C=O) groups is 1. The molecule has 0 saturated carbocycles. The fourth-order valence-corrected chi connectivity index (χ4v) is 2.69. The van der Waals surface area contributed by atoms with Gasteiger partial charge in [0.1, 0.15) is 12.3 Å². The number of quaternary nitrogens is 1. The average Bonchev–Trinajstić information content (AvgIpc) is 2.42. The number of piperidine rings is 1. The van der Waals surface area contributed by atoms with E-state index >= 15 is 0 Å². The van der Waals surface area contributed by atoms with Crippen molar-refractivity contribution in [1.82, 2.24) is 0 Å². The molecule has 2 atom stereocenters. The maximum absolute atomic E-state index is 12.0. The van der Waals surface area contributed by atoms with Crippen molar-refractivity contribution in [3.63, 3.8) is 0 Å². The van der Waals surface area contributed by atoms with Gasteiger partial charge < -0.3 is 14.7 Å². The second-order valence-electron chi connectivity index (χ2n) is 5.05. The predicted octanol–water partition coefficient (Wildman–Crippen LogP) is 0.893. The molecular weight excluding hydrogens is 242 g/mol. The summed E-state index contributed by atoms with van der Waals surface area (Å²) in [5.41, 5.74) is 1.14. The maximum Gasteiger partial charge on any atom is 0.364 e. The Morgan fingerprint density at radius 3 is 2.79 bits per heavy atom. The number of likely N-dealkylation sites (tertiary alicyclic amines) is 1. The van der Waals surface area contributed by atoms with Crippen molar-refractivity contribution in [2.75, 3.05) is 13.2 Å². The number of benzene rings is 1. The van der Waals surface area contributed by atoms with Crippen LogP contribution in [0.2, 0.25) is 0 Å². The molecular formula is C15H22NO3+. The number of rotatable bonds is 4. The number of hydrogen-bond acceptors (Lipinski definition) is 3. The minimum atomic E-state index is -0.0732. The lowest BCUT2D eigenvalue weighted by atomic mass is 10.0. The Morgan fingerprint density at radius 2 is 2.11 bits per heavy atom. The second kappa shape index (κ2) is 6.57. The first kappa shape index (κ1) is 13.9. The smallest absolute Gasteiger partial charge is 0.364 e. The summed E-state index contributed by atoms with van der Waals surface area (Å²) in [5.74, 6) is 0.204. The van der Waals surface area contributed by atoms with E-state index in [2.05, 4.69) is 0 Å². The molecule has 1 fully saturated rings. The van der Waals surface area contributed by atoms with Gasteiger partial charge in [0.05, 0.1) is 13.2 Å². The second-order valence-corrected chi connectivity index (χ2v) is 5.05. The summed E-state index contributed by atoms with van der Waals surface area (Å²) in [5, 5.41) is 9.29. The highest BCUT2D eigenvalue weighted by Crippen LogP contribution is 2.10. The van der Waals surface area contributed by atoms with Crippen molar-refractivity contribution >= 4 is 5.97 Å². The summed E-state index contributed by atoms with van der Waals surface area (Å²) in [4.78, 5) is 13.2. The summed E-state index contributed by atoms with van der Waals surface area (Å²) >= 11 is 0. The first-order chi connectivity index (χ1) is 9.20. The van der Waals surface area contributed by atoms with E-state index < -0.39 is 0 Å². The van der Waals surface area contributed by atoms with E-state index in [-0.39, 0.29) is 17.8 Å². The van der Waals surface area contributed by atoms with Crippen LogP contribution in [0.25, 0.3) is 0 Å². The molecule has 0 aliphatic carbocycles. The van der Waals surface area contributed by atoms with Crippen LogP contribution in [0.5, 0.6) is 5.75 Å². The largest absolute Gasteiger partial charge is 0.508 e. The molecule has 19 heavy (non-hydrogen) atoms. The van der Waals surface area contributed by atoms with Gasteiger partial charge in [-0.1, -0.05) is 0 Å². The lowest BCUT2D eigenvalue weighted by Gasteiger charge is -2.30. The third kappa shape index (κ3) is 3.70. The zero-order valence-corrected chi connectivity index (χ0v) is 11.4. The highest BCUT2D eigenvalue weighted by atomic mass is 16.5. The number of ether oxygens (including phenoxy) is 1. The molecule has 2 rings (SSSR count). The number of nitrogens with one attached hydrogen (secondary N) is 1. The lowest BCUT2D eigenvalue weighted by molar-refractivity contribution is -0.935. The quantitative estimate of drug-likeness (QED) is 0.794. The van der Waals surface area contributed by atoms with Crippen LogP contribution >= 0.6 is 0 Å². The molecule has 4 nitrogen and oxygen atoms in total. The minimum absolute atomic E-state index is 0.0393. The molecule has 0 aromatic heterocycles. The van der Waals surface area contributed by atoms with Gasteiger partial charge in [0.15, 0.2) is 6.04 Å². The number of phenolic OH excluding ortho intramolecular Hbond substituents is 1. The van der Waals surface area contributed by atoms with Crippen molar-refractivity contribution in [2.24, 2.45) is 0 Å². The van der Waals surface area contributed by atoms with Gasteiger partial charge in [-0.25, -0.2) is 4.79 Å². The monoisotopic (exact) mass is 264 g/mol. The van der Waals surface area contributed by atoms with E-state index in [1.54, 1.807) is 12.1 Å². The number of phenols is 1. The SMILES string of the molecule is CCOC(=O)[C@H]1CCCC[NH+]1Cc1ccc(O)cc1. The highest BCUT2D eigenvalue weighted by Gasteiger charge is 2.33. The predicted molar refractivity (Wildman–Crippen MR) is 71.9 cm³/mol. The molecule has 1 saturated heterocycles. The Hall–Kier alpha value is -1.55. The van der Waals surface area contributed by atoms with Gasteiger partial charge in [0, 0.05) is 12.0 Å². The molecule has 0 bridgehead atoms. The molecule has 2 N–H and O–H groups in total. The summed E-state index contributed by atoms with van der Waals surface area (Å²) in [6.45, 7) is 4.11. The Morgan fingerprint density at radius 1 is 1.37 bits per heavy atom. The zero-order valence-electron chi connectivity index (χ0n) is 11.4. The maximum atomic E-state index is 12.0. The number of hydrogen-bond donors (Lipinski definition) is 2. The van der Waals surface area contributed by atoms with Gasteiger partial charge in [-0.2, -0.15) is 0 Å². The van der Waals surface area contributed by atoms with E-state index in [1.165, 1.54) is 4.90 Å². The minimum Gasteiger partial charge on any atom is -0.508 e. The van der Waals surface area contributed by atoms with Crippen molar-refractivity contribution < 1.29 is 19.5 Å². The normalized spacial score (nSPS) is 23.0. The van der Waals surface area contributed by atoms with Crippen LogP contribution in [0.1, 0.15) is 31.7 Å². The topological polar surface area (TPSA) is 51.0 Å². The average molecular weight is 264 g/mol.